The molecule has 2 unspecified atom stereocenters. The van der Waals surface area contributed by atoms with Crippen LogP contribution in [0, 0.1) is 11.3 Å². The van der Waals surface area contributed by atoms with E-state index in [0.29, 0.717) is 35.9 Å². The lowest BCUT2D eigenvalue weighted by Crippen LogP contribution is -2.25. The molecule has 1 saturated carbocycles. The van der Waals surface area contributed by atoms with E-state index in [9.17, 15) is 4.79 Å². The number of benzene rings is 1. The number of carbonyl (C=O) groups is 1. The molecule has 3 heteroatoms. The van der Waals surface area contributed by atoms with Crippen LogP contribution in [0.25, 0.3) is 0 Å². The molecule has 0 aliphatic heterocycles. The number of hydrogen-bond donors (Lipinski definition) is 0. The highest BCUT2D eigenvalue weighted by molar-refractivity contribution is 6.50. The van der Waals surface area contributed by atoms with Crippen LogP contribution in [0.5, 0.6) is 0 Å². The molecule has 0 aromatic heterocycles. The standard InChI is InChI=1S/C18H27O2Si/c1-18(2,3)13-21(4)20-12-15-10-16(19)11-17(15)14-8-6-5-7-9-14/h5-9,15,17H,10-13H2,1-4H3. The van der Waals surface area contributed by atoms with Gasteiger partial charge in [-0.15, -0.1) is 0 Å². The van der Waals surface area contributed by atoms with E-state index in [1.807, 2.05) is 6.07 Å². The van der Waals surface area contributed by atoms with E-state index >= 15 is 0 Å². The Kier molecular flexibility index (Phi) is 5.39. The Morgan fingerprint density at radius 2 is 1.86 bits per heavy atom. The summed E-state index contributed by atoms with van der Waals surface area (Å²) in [5, 5.41) is 0. The summed E-state index contributed by atoms with van der Waals surface area (Å²) in [4.78, 5) is 11.9. The molecule has 0 spiro atoms. The van der Waals surface area contributed by atoms with Crippen molar-refractivity contribution in [3.63, 3.8) is 0 Å². The van der Waals surface area contributed by atoms with Gasteiger partial charge in [-0.25, -0.2) is 0 Å². The Hall–Kier alpha value is -0.933. The molecule has 1 radical (unpaired) electrons. The summed E-state index contributed by atoms with van der Waals surface area (Å²) >= 11 is 0. The smallest absolute Gasteiger partial charge is 0.208 e. The summed E-state index contributed by atoms with van der Waals surface area (Å²) in [6, 6.07) is 11.6. The van der Waals surface area contributed by atoms with Gasteiger partial charge in [0.1, 0.15) is 5.78 Å². The fourth-order valence-corrected chi connectivity index (χ4v) is 5.34. The Labute approximate surface area is 130 Å². The molecule has 1 aliphatic carbocycles. The maximum Gasteiger partial charge on any atom is 0.208 e. The Morgan fingerprint density at radius 3 is 2.48 bits per heavy atom. The molecule has 2 rings (SSSR count). The third-order valence-electron chi connectivity index (χ3n) is 4.06. The zero-order chi connectivity index (χ0) is 15.5. The molecule has 115 valence electrons. The van der Waals surface area contributed by atoms with Crippen molar-refractivity contribution in [1.82, 2.24) is 0 Å². The average Bonchev–Trinajstić information content (AvgIpc) is 2.77. The van der Waals surface area contributed by atoms with Crippen LogP contribution < -0.4 is 0 Å². The third kappa shape index (κ3) is 5.08. The van der Waals surface area contributed by atoms with Gasteiger partial charge in [-0.05, 0) is 35.4 Å². The molecule has 1 aliphatic rings. The second-order valence-electron chi connectivity index (χ2n) is 7.47. The van der Waals surface area contributed by atoms with Crippen molar-refractivity contribution in [2.75, 3.05) is 6.61 Å². The fourth-order valence-electron chi connectivity index (χ4n) is 3.24. The lowest BCUT2D eigenvalue weighted by atomic mass is 9.89. The van der Waals surface area contributed by atoms with E-state index < -0.39 is 9.04 Å². The molecule has 2 nitrogen and oxygen atoms in total. The van der Waals surface area contributed by atoms with Gasteiger partial charge in [0.2, 0.25) is 9.04 Å². The predicted molar refractivity (Wildman–Crippen MR) is 88.7 cm³/mol. The van der Waals surface area contributed by atoms with E-state index in [0.717, 1.165) is 12.7 Å². The van der Waals surface area contributed by atoms with Crippen molar-refractivity contribution < 1.29 is 9.22 Å². The Bertz CT molecular complexity index is 464. The van der Waals surface area contributed by atoms with Crippen molar-refractivity contribution in [2.24, 2.45) is 11.3 Å². The minimum Gasteiger partial charge on any atom is -0.417 e. The summed E-state index contributed by atoms with van der Waals surface area (Å²) in [5.41, 5.74) is 1.62. The molecular formula is C18H27O2Si. The minimum atomic E-state index is -0.767. The largest absolute Gasteiger partial charge is 0.417 e. The van der Waals surface area contributed by atoms with Crippen molar-refractivity contribution in [1.29, 1.82) is 0 Å². The Morgan fingerprint density at radius 1 is 1.19 bits per heavy atom. The first-order chi connectivity index (χ1) is 9.85. The van der Waals surface area contributed by atoms with Crippen LogP contribution in [0.2, 0.25) is 12.6 Å². The fraction of sp³-hybridized carbons (Fsp3) is 0.611. The molecule has 2 atom stereocenters. The van der Waals surface area contributed by atoms with Crippen LogP contribution in [0.3, 0.4) is 0 Å². The van der Waals surface area contributed by atoms with E-state index in [1.54, 1.807) is 0 Å². The van der Waals surface area contributed by atoms with Crippen molar-refractivity contribution in [3.8, 4) is 0 Å². The molecule has 0 heterocycles. The highest BCUT2D eigenvalue weighted by Gasteiger charge is 2.34. The monoisotopic (exact) mass is 303 g/mol. The molecule has 0 saturated heterocycles. The van der Waals surface area contributed by atoms with E-state index in [2.05, 4.69) is 51.6 Å². The van der Waals surface area contributed by atoms with E-state index in [1.165, 1.54) is 5.56 Å². The number of carbonyl (C=O) groups excluding carboxylic acids is 1. The van der Waals surface area contributed by atoms with Gasteiger partial charge in [-0.3, -0.25) is 4.79 Å². The first kappa shape index (κ1) is 16.4. The maximum atomic E-state index is 11.9. The quantitative estimate of drug-likeness (QED) is 0.752. The zero-order valence-corrected chi connectivity index (χ0v) is 14.7. The lowest BCUT2D eigenvalue weighted by molar-refractivity contribution is -0.117. The number of ketones is 1. The van der Waals surface area contributed by atoms with Crippen LogP contribution in [-0.4, -0.2) is 21.4 Å². The van der Waals surface area contributed by atoms with Crippen LogP contribution in [0.4, 0.5) is 0 Å². The normalized spacial score (nSPS) is 23.0. The van der Waals surface area contributed by atoms with Gasteiger partial charge < -0.3 is 4.43 Å². The first-order valence-corrected chi connectivity index (χ1v) is 9.98. The van der Waals surface area contributed by atoms with Crippen LogP contribution in [0.15, 0.2) is 30.3 Å². The molecule has 1 fully saturated rings. The van der Waals surface area contributed by atoms with Crippen LogP contribution >= 0.6 is 0 Å². The molecule has 21 heavy (non-hydrogen) atoms. The zero-order valence-electron chi connectivity index (χ0n) is 13.7. The summed E-state index contributed by atoms with van der Waals surface area (Å²) in [6.07, 6.45) is 1.37. The van der Waals surface area contributed by atoms with Crippen molar-refractivity contribution >= 4 is 14.8 Å². The van der Waals surface area contributed by atoms with Gasteiger partial charge in [-0.2, -0.15) is 0 Å². The summed E-state index contributed by atoms with van der Waals surface area (Å²) in [6.45, 7) is 9.76. The topological polar surface area (TPSA) is 26.3 Å². The molecule has 1 aromatic carbocycles. The second-order valence-corrected chi connectivity index (χ2v) is 9.52. The van der Waals surface area contributed by atoms with Gasteiger partial charge in [-0.1, -0.05) is 51.1 Å². The van der Waals surface area contributed by atoms with Gasteiger partial charge >= 0.3 is 0 Å². The molecule has 0 bridgehead atoms. The van der Waals surface area contributed by atoms with E-state index in [4.69, 9.17) is 4.43 Å². The van der Waals surface area contributed by atoms with Gasteiger partial charge in [0, 0.05) is 19.4 Å². The second kappa shape index (κ2) is 6.88. The molecule has 1 aromatic rings. The van der Waals surface area contributed by atoms with Crippen LogP contribution in [-0.2, 0) is 9.22 Å². The van der Waals surface area contributed by atoms with Crippen molar-refractivity contribution in [2.45, 2.75) is 52.1 Å². The SMILES string of the molecule is C[Si](CC(C)(C)C)OCC1CC(=O)CC1c1ccccc1. The summed E-state index contributed by atoms with van der Waals surface area (Å²) in [5.74, 6) is 1.10. The summed E-state index contributed by atoms with van der Waals surface area (Å²) < 4.78 is 6.15. The molecule has 0 N–H and O–H groups in total. The van der Waals surface area contributed by atoms with E-state index in [-0.39, 0.29) is 0 Å². The number of hydrogen-bond acceptors (Lipinski definition) is 2. The average molecular weight is 303 g/mol. The Balaban J connectivity index is 1.93. The maximum absolute atomic E-state index is 11.9. The van der Waals surface area contributed by atoms with Gasteiger partial charge in [0.15, 0.2) is 0 Å². The van der Waals surface area contributed by atoms with Crippen molar-refractivity contribution in [3.05, 3.63) is 35.9 Å². The molecular weight excluding hydrogens is 276 g/mol. The third-order valence-corrected chi connectivity index (χ3v) is 6.28. The summed E-state index contributed by atoms with van der Waals surface area (Å²) in [7, 11) is -0.767. The first-order valence-electron chi connectivity index (χ1n) is 7.87. The highest BCUT2D eigenvalue weighted by atomic mass is 28.3. The van der Waals surface area contributed by atoms with Gasteiger partial charge in [0.25, 0.3) is 0 Å². The number of rotatable bonds is 5. The predicted octanol–water partition coefficient (Wildman–Crippen LogP) is 4.43. The lowest BCUT2D eigenvalue weighted by Gasteiger charge is -2.25. The molecule has 0 amide bonds. The number of Topliss-reactive ketones (excluding diaryl/α,β-unsaturated/α-hetero) is 1. The van der Waals surface area contributed by atoms with Gasteiger partial charge in [0.05, 0.1) is 0 Å². The van der Waals surface area contributed by atoms with Crippen LogP contribution in [0.1, 0.15) is 45.1 Å². The minimum absolute atomic E-state index is 0.327. The highest BCUT2D eigenvalue weighted by Crippen LogP contribution is 2.38.